The summed E-state index contributed by atoms with van der Waals surface area (Å²) < 4.78 is 56.8. The van der Waals surface area contributed by atoms with Crippen LogP contribution in [0.1, 0.15) is 18.0 Å². The highest BCUT2D eigenvalue weighted by atomic mass is 35.7. The zero-order valence-electron chi connectivity index (χ0n) is 26.7. The maximum Gasteiger partial charge on any atom is 0.262 e. The molecular formula is C38H32ClFN3O6P. The van der Waals surface area contributed by atoms with Crippen LogP contribution >= 0.6 is 7.26 Å². The van der Waals surface area contributed by atoms with E-state index < -0.39 is 17.5 Å². The number of anilines is 1. The van der Waals surface area contributed by atoms with Gasteiger partial charge in [-0.2, -0.15) is 4.98 Å². The van der Waals surface area contributed by atoms with E-state index in [4.69, 9.17) is 28.0 Å². The molecule has 0 amide bonds. The lowest BCUT2D eigenvalue weighted by Crippen LogP contribution is -2.68. The summed E-state index contributed by atoms with van der Waals surface area (Å²) in [6.45, 7) is 2.15. The first-order valence-electron chi connectivity index (χ1n) is 16.0. The number of halogens is 2. The molecule has 254 valence electrons. The van der Waals surface area contributed by atoms with Crippen molar-refractivity contribution in [1.82, 2.24) is 9.55 Å². The molecule has 9 nitrogen and oxygen atoms in total. The lowest BCUT2D eigenvalue weighted by molar-refractivity contribution is -2.00. The minimum absolute atomic E-state index is 0.0665. The Kier molecular flexibility index (Phi) is 9.41. The molecule has 2 aromatic heterocycles. The van der Waals surface area contributed by atoms with Gasteiger partial charge in [0.05, 0.1) is 0 Å². The largest absolute Gasteiger partial charge is 0.416 e. The minimum Gasteiger partial charge on any atom is -0.416 e. The number of hydrogen-bond donors (Lipinski definition) is 0. The predicted molar refractivity (Wildman–Crippen MR) is 180 cm³/mol. The maximum absolute atomic E-state index is 14.0. The van der Waals surface area contributed by atoms with Crippen molar-refractivity contribution < 1.29 is 37.7 Å². The Bertz CT molecular complexity index is 2020. The average Bonchev–Trinajstić information content (AvgIpc) is 3.56. The monoisotopic (exact) mass is 711 g/mol. The van der Waals surface area contributed by atoms with Gasteiger partial charge in [0.2, 0.25) is 5.89 Å². The molecule has 0 unspecified atom stereocenters. The van der Waals surface area contributed by atoms with Crippen LogP contribution in [0.25, 0.3) is 11.5 Å². The Morgan fingerprint density at radius 2 is 1.24 bits per heavy atom. The van der Waals surface area contributed by atoms with E-state index in [1.165, 1.54) is 28.0 Å². The number of oxazole rings is 1. The zero-order valence-corrected chi connectivity index (χ0v) is 28.3. The van der Waals surface area contributed by atoms with E-state index in [1.54, 1.807) is 18.2 Å². The molecule has 0 N–H and O–H groups in total. The molecule has 1 saturated heterocycles. The second kappa shape index (κ2) is 13.9. The highest BCUT2D eigenvalue weighted by molar-refractivity contribution is 8.01. The second-order valence-corrected chi connectivity index (χ2v) is 16.4. The van der Waals surface area contributed by atoms with Crippen molar-refractivity contribution in [3.8, 4) is 11.5 Å². The Morgan fingerprint density at radius 3 is 1.78 bits per heavy atom. The third kappa shape index (κ3) is 6.74. The number of fused-ring (bicyclic) bond motifs is 4. The number of rotatable bonds is 6. The summed E-state index contributed by atoms with van der Waals surface area (Å²) in [7, 11) is -7.54. The van der Waals surface area contributed by atoms with Crippen LogP contribution in [0.15, 0.2) is 143 Å². The number of aromatic nitrogens is 2. The fourth-order valence-electron chi connectivity index (χ4n) is 7.28. The molecule has 6 aromatic rings. The van der Waals surface area contributed by atoms with E-state index in [-0.39, 0.29) is 17.3 Å². The van der Waals surface area contributed by atoms with E-state index >= 15 is 0 Å². The first kappa shape index (κ1) is 33.8. The van der Waals surface area contributed by atoms with Crippen LogP contribution in [0, 0.1) is 22.0 Å². The van der Waals surface area contributed by atoms with E-state index in [1.807, 2.05) is 28.8 Å². The van der Waals surface area contributed by atoms with Gasteiger partial charge in [0, 0.05) is 42.9 Å². The van der Waals surface area contributed by atoms with Crippen molar-refractivity contribution in [3.05, 3.63) is 155 Å². The van der Waals surface area contributed by atoms with Gasteiger partial charge in [-0.25, -0.2) is 23.0 Å². The highest BCUT2D eigenvalue weighted by Crippen LogP contribution is 2.56. The van der Waals surface area contributed by atoms with Gasteiger partial charge in [-0.1, -0.05) is 60.7 Å². The van der Waals surface area contributed by atoms with Crippen molar-refractivity contribution in [2.75, 3.05) is 18.0 Å². The summed E-state index contributed by atoms with van der Waals surface area (Å²) >= 11 is 0. The Balaban J connectivity index is 0.000000734. The molecule has 50 heavy (non-hydrogen) atoms. The molecule has 12 heteroatoms. The van der Waals surface area contributed by atoms with Gasteiger partial charge in [0.15, 0.2) is 7.26 Å². The normalized spacial score (nSPS) is 17.0. The third-order valence-corrected chi connectivity index (χ3v) is 13.3. The van der Waals surface area contributed by atoms with Crippen molar-refractivity contribution >= 4 is 34.5 Å². The first-order valence-corrected chi connectivity index (χ1v) is 19.0. The van der Waals surface area contributed by atoms with Crippen LogP contribution in [0.4, 0.5) is 10.3 Å². The summed E-state index contributed by atoms with van der Waals surface area (Å²) in [6.07, 6.45) is 1.03. The number of benzene rings is 4. The topological polar surface area (TPSA) is 144 Å². The lowest BCUT2D eigenvalue weighted by Gasteiger charge is -2.42. The molecular weight excluding hydrogens is 680 g/mol. The summed E-state index contributed by atoms with van der Waals surface area (Å²) in [6, 6.07) is 43.9. The molecule has 0 saturated carbocycles. The highest BCUT2D eigenvalue weighted by Gasteiger charge is 2.54. The average molecular weight is 712 g/mol. The molecule has 8 rings (SSSR count). The summed E-state index contributed by atoms with van der Waals surface area (Å²) in [5, 5.41) is 3.53. The van der Waals surface area contributed by atoms with Crippen LogP contribution in [0.5, 0.6) is 0 Å². The SMILES string of the molecule is O=c1cccc2n1C[C@H]1C[C@H]2CN(c2oc(-c3ccc(F)cc3)nc2[P+](c2ccccc2)(c2ccccc2)c2ccccc2)C1.[O-][Cl+3]([O-])([O-])[O-]. The molecule has 0 aliphatic carbocycles. The standard InChI is InChI=1S/C38H32FN3O2P.ClHO4/c39-30-21-19-28(20-22-30)36-40-37(38(44-36)41-24-27-23-29(26-41)34-17-10-18-35(43)42(34)25-27)45(31-11-4-1-5-12-31,32-13-6-2-7-14-32)33-15-8-3-9-16-33;2-1(3,4)5/h1-22,27,29H,23-26H2;(H,2,3,4,5)/q+1;/p-1/t27-,29-;/m0./s1. The number of hydrogen-bond acceptors (Lipinski definition) is 8. The molecule has 2 atom stereocenters. The van der Waals surface area contributed by atoms with Crippen molar-refractivity contribution in [2.24, 2.45) is 5.92 Å². The quantitative estimate of drug-likeness (QED) is 0.234. The van der Waals surface area contributed by atoms with E-state index in [2.05, 4.69) is 83.8 Å². The van der Waals surface area contributed by atoms with Crippen LogP contribution < -0.4 is 50.4 Å². The molecule has 4 heterocycles. The fraction of sp³-hybridized carbons (Fsp3) is 0.158. The van der Waals surface area contributed by atoms with Crippen LogP contribution in [0.2, 0.25) is 0 Å². The van der Waals surface area contributed by atoms with Crippen molar-refractivity contribution in [1.29, 1.82) is 0 Å². The van der Waals surface area contributed by atoms with E-state index in [9.17, 15) is 9.18 Å². The van der Waals surface area contributed by atoms with Gasteiger partial charge in [-0.05, 0) is 79.1 Å². The van der Waals surface area contributed by atoms with Crippen LogP contribution in [-0.2, 0) is 6.54 Å². The molecule has 4 aromatic carbocycles. The molecule has 2 aliphatic heterocycles. The summed E-state index contributed by atoms with van der Waals surface area (Å²) in [5.41, 5.74) is 2.77. The number of piperidine rings is 1. The van der Waals surface area contributed by atoms with Crippen molar-refractivity contribution in [3.63, 3.8) is 0 Å². The van der Waals surface area contributed by atoms with Crippen LogP contribution in [0.3, 0.4) is 0 Å². The number of pyridine rings is 1. The van der Waals surface area contributed by atoms with Crippen LogP contribution in [-0.4, -0.2) is 22.6 Å². The molecule has 0 radical (unpaired) electrons. The van der Waals surface area contributed by atoms with Crippen molar-refractivity contribution in [2.45, 2.75) is 18.9 Å². The Labute approximate surface area is 290 Å². The summed E-state index contributed by atoms with van der Waals surface area (Å²) in [5.74, 6) is 1.40. The first-order chi connectivity index (χ1) is 24.1. The Hall–Kier alpha value is -4.67. The molecule has 2 bridgehead atoms. The smallest absolute Gasteiger partial charge is 0.262 e. The van der Waals surface area contributed by atoms with Gasteiger partial charge >= 0.3 is 0 Å². The Morgan fingerprint density at radius 1 is 0.700 bits per heavy atom. The predicted octanol–water partition coefficient (Wildman–Crippen LogP) is 1.13. The minimum atomic E-state index is -4.94. The molecule has 0 spiro atoms. The lowest BCUT2D eigenvalue weighted by atomic mass is 9.83. The van der Waals surface area contributed by atoms with E-state index in [0.717, 1.165) is 35.5 Å². The zero-order chi connectivity index (χ0) is 34.9. The van der Waals surface area contributed by atoms with Gasteiger partial charge < -0.3 is 13.9 Å². The third-order valence-electron chi connectivity index (χ3n) is 9.20. The van der Waals surface area contributed by atoms with E-state index in [0.29, 0.717) is 24.9 Å². The van der Waals surface area contributed by atoms with Gasteiger partial charge in [-0.3, -0.25) is 4.79 Å². The van der Waals surface area contributed by atoms with Gasteiger partial charge in [0.1, 0.15) is 21.7 Å². The summed E-state index contributed by atoms with van der Waals surface area (Å²) in [4.78, 5) is 20.5. The van der Waals surface area contributed by atoms with Gasteiger partial charge in [-0.15, -0.1) is 10.2 Å². The second-order valence-electron chi connectivity index (χ2n) is 12.3. The molecule has 1 fully saturated rings. The van der Waals surface area contributed by atoms with Gasteiger partial charge in [0.25, 0.3) is 16.9 Å². The number of nitrogens with zero attached hydrogens (tertiary/aromatic N) is 3. The molecule has 2 aliphatic rings. The maximum atomic E-state index is 14.0. The fourth-order valence-corrected chi connectivity index (χ4v) is 11.5.